The molecule has 2 aliphatic heterocycles. The first-order valence-corrected chi connectivity index (χ1v) is 9.34. The van der Waals surface area contributed by atoms with E-state index in [9.17, 15) is 4.79 Å². The molecule has 2 heterocycles. The average molecular weight is 346 g/mol. The van der Waals surface area contributed by atoms with E-state index in [1.165, 1.54) is 11.1 Å². The predicted octanol–water partition coefficient (Wildman–Crippen LogP) is 3.67. The van der Waals surface area contributed by atoms with Crippen LogP contribution in [0.5, 0.6) is 5.75 Å². The van der Waals surface area contributed by atoms with Crippen molar-refractivity contribution in [1.29, 1.82) is 0 Å². The fraction of sp³-hybridized carbons (Fsp3) is 0.650. The van der Waals surface area contributed by atoms with E-state index in [1.807, 2.05) is 31.7 Å². The molecule has 5 heteroatoms. The second-order valence-corrected chi connectivity index (χ2v) is 7.99. The number of amides is 1. The molecule has 1 amide bonds. The quantitative estimate of drug-likeness (QED) is 0.888. The molecular weight excluding hydrogens is 316 g/mol. The first kappa shape index (κ1) is 18.1. The Hall–Kier alpha value is -1.75. The zero-order chi connectivity index (χ0) is 18.0. The normalized spacial score (nSPS) is 21.6. The van der Waals surface area contributed by atoms with Crippen molar-refractivity contribution in [1.82, 2.24) is 10.2 Å². The van der Waals surface area contributed by atoms with Gasteiger partial charge in [-0.3, -0.25) is 0 Å². The Kier molecular flexibility index (Phi) is 5.23. The fourth-order valence-electron chi connectivity index (χ4n) is 3.61. The van der Waals surface area contributed by atoms with Crippen molar-refractivity contribution in [3.63, 3.8) is 0 Å². The van der Waals surface area contributed by atoms with E-state index in [4.69, 9.17) is 9.47 Å². The lowest BCUT2D eigenvalue weighted by Gasteiger charge is -2.37. The lowest BCUT2D eigenvalue weighted by atomic mass is 9.93. The molecule has 0 saturated carbocycles. The maximum Gasteiger partial charge on any atom is 0.410 e. The molecule has 0 aliphatic carbocycles. The first-order valence-electron chi connectivity index (χ1n) is 9.34. The van der Waals surface area contributed by atoms with E-state index in [-0.39, 0.29) is 18.2 Å². The molecule has 1 aromatic rings. The SMILES string of the molecule is CC1c2cccc(OC3CCNCC3)c2CCN1C(=O)OC(C)(C)C. The van der Waals surface area contributed by atoms with Crippen molar-refractivity contribution in [2.24, 2.45) is 0 Å². The highest BCUT2D eigenvalue weighted by Gasteiger charge is 2.32. The van der Waals surface area contributed by atoms with Crippen LogP contribution >= 0.6 is 0 Å². The van der Waals surface area contributed by atoms with Crippen molar-refractivity contribution in [2.45, 2.75) is 64.7 Å². The topological polar surface area (TPSA) is 50.8 Å². The number of benzene rings is 1. The molecule has 0 bridgehead atoms. The minimum absolute atomic E-state index is 0.00447. The van der Waals surface area contributed by atoms with Crippen molar-refractivity contribution < 1.29 is 14.3 Å². The Morgan fingerprint density at radius 1 is 1.24 bits per heavy atom. The molecule has 1 fully saturated rings. The second-order valence-electron chi connectivity index (χ2n) is 7.99. The summed E-state index contributed by atoms with van der Waals surface area (Å²) in [5, 5.41) is 3.37. The van der Waals surface area contributed by atoms with Gasteiger partial charge in [0.1, 0.15) is 17.5 Å². The fourth-order valence-corrected chi connectivity index (χ4v) is 3.61. The number of carbonyl (C=O) groups is 1. The van der Waals surface area contributed by atoms with E-state index < -0.39 is 5.60 Å². The van der Waals surface area contributed by atoms with Gasteiger partial charge in [0.25, 0.3) is 0 Å². The largest absolute Gasteiger partial charge is 0.490 e. The molecule has 1 N–H and O–H groups in total. The van der Waals surface area contributed by atoms with Crippen LogP contribution in [0.3, 0.4) is 0 Å². The van der Waals surface area contributed by atoms with Gasteiger partial charge in [0.15, 0.2) is 0 Å². The van der Waals surface area contributed by atoms with Crippen LogP contribution in [0.25, 0.3) is 0 Å². The first-order chi connectivity index (χ1) is 11.8. The van der Waals surface area contributed by atoms with Gasteiger partial charge in [0.05, 0.1) is 6.04 Å². The summed E-state index contributed by atoms with van der Waals surface area (Å²) in [5.74, 6) is 0.986. The summed E-state index contributed by atoms with van der Waals surface area (Å²) in [4.78, 5) is 14.3. The predicted molar refractivity (Wildman–Crippen MR) is 98.0 cm³/mol. The van der Waals surface area contributed by atoms with E-state index >= 15 is 0 Å². The van der Waals surface area contributed by atoms with E-state index in [0.717, 1.165) is 38.1 Å². The van der Waals surface area contributed by atoms with Crippen LogP contribution in [-0.4, -0.2) is 42.3 Å². The van der Waals surface area contributed by atoms with Crippen molar-refractivity contribution in [3.8, 4) is 5.75 Å². The molecule has 25 heavy (non-hydrogen) atoms. The lowest BCUT2D eigenvalue weighted by Crippen LogP contribution is -2.42. The maximum absolute atomic E-state index is 12.5. The van der Waals surface area contributed by atoms with Crippen LogP contribution in [0.2, 0.25) is 0 Å². The smallest absolute Gasteiger partial charge is 0.410 e. The highest BCUT2D eigenvalue weighted by Crippen LogP contribution is 2.36. The Labute approximate surface area is 150 Å². The summed E-state index contributed by atoms with van der Waals surface area (Å²) < 4.78 is 11.9. The van der Waals surface area contributed by atoms with Gasteiger partial charge in [0.2, 0.25) is 0 Å². The zero-order valence-corrected chi connectivity index (χ0v) is 15.8. The maximum atomic E-state index is 12.5. The van der Waals surface area contributed by atoms with Gasteiger partial charge in [0, 0.05) is 12.1 Å². The minimum atomic E-state index is -0.475. The van der Waals surface area contributed by atoms with E-state index in [1.54, 1.807) is 0 Å². The van der Waals surface area contributed by atoms with Crippen LogP contribution in [-0.2, 0) is 11.2 Å². The van der Waals surface area contributed by atoms with Gasteiger partial charge in [-0.05, 0) is 71.7 Å². The number of hydrogen-bond acceptors (Lipinski definition) is 4. The van der Waals surface area contributed by atoms with Crippen LogP contribution in [0, 0.1) is 0 Å². The number of rotatable bonds is 2. The van der Waals surface area contributed by atoms with Gasteiger partial charge in [-0.1, -0.05) is 12.1 Å². The second kappa shape index (κ2) is 7.24. The van der Waals surface area contributed by atoms with Gasteiger partial charge in [-0.2, -0.15) is 0 Å². The van der Waals surface area contributed by atoms with Crippen LogP contribution < -0.4 is 10.1 Å². The molecular formula is C20H30N2O3. The van der Waals surface area contributed by atoms with Crippen molar-refractivity contribution in [2.75, 3.05) is 19.6 Å². The molecule has 0 aromatic heterocycles. The molecule has 1 unspecified atom stereocenters. The molecule has 138 valence electrons. The number of nitrogens with one attached hydrogen (secondary N) is 1. The number of piperidine rings is 1. The third-order valence-corrected chi connectivity index (χ3v) is 4.90. The number of nitrogens with zero attached hydrogens (tertiary/aromatic N) is 1. The molecule has 0 radical (unpaired) electrons. The van der Waals surface area contributed by atoms with E-state index in [0.29, 0.717) is 6.54 Å². The van der Waals surface area contributed by atoms with Crippen LogP contribution in [0.15, 0.2) is 18.2 Å². The summed E-state index contributed by atoms with van der Waals surface area (Å²) in [6.07, 6.45) is 2.94. The lowest BCUT2D eigenvalue weighted by molar-refractivity contribution is 0.0157. The number of carbonyl (C=O) groups excluding carboxylic acids is 1. The molecule has 1 atom stereocenters. The highest BCUT2D eigenvalue weighted by molar-refractivity contribution is 5.69. The Balaban J connectivity index is 1.76. The summed E-state index contributed by atoms with van der Waals surface area (Å²) in [7, 11) is 0. The Morgan fingerprint density at radius 3 is 2.64 bits per heavy atom. The number of ether oxygens (including phenoxy) is 2. The molecule has 1 aromatic carbocycles. The minimum Gasteiger partial charge on any atom is -0.490 e. The molecule has 2 aliphatic rings. The Bertz CT molecular complexity index is 618. The van der Waals surface area contributed by atoms with Gasteiger partial charge < -0.3 is 19.7 Å². The summed E-state index contributed by atoms with van der Waals surface area (Å²) in [6, 6.07) is 6.20. The summed E-state index contributed by atoms with van der Waals surface area (Å²) in [6.45, 7) is 10.5. The van der Waals surface area contributed by atoms with Crippen molar-refractivity contribution in [3.05, 3.63) is 29.3 Å². The monoisotopic (exact) mass is 346 g/mol. The molecule has 3 rings (SSSR count). The van der Waals surface area contributed by atoms with Crippen LogP contribution in [0.4, 0.5) is 4.79 Å². The standard InChI is InChI=1S/C20H30N2O3/c1-14-16-6-5-7-18(24-15-8-11-21-12-9-15)17(16)10-13-22(14)19(23)25-20(2,3)4/h5-7,14-15,21H,8-13H2,1-4H3. The molecule has 5 nitrogen and oxygen atoms in total. The van der Waals surface area contributed by atoms with Gasteiger partial charge in [-0.15, -0.1) is 0 Å². The van der Waals surface area contributed by atoms with E-state index in [2.05, 4.69) is 24.4 Å². The summed E-state index contributed by atoms with van der Waals surface area (Å²) in [5.41, 5.74) is 1.94. The molecule has 1 saturated heterocycles. The number of hydrogen-bond donors (Lipinski definition) is 1. The van der Waals surface area contributed by atoms with Crippen LogP contribution in [0.1, 0.15) is 57.7 Å². The number of fused-ring (bicyclic) bond motifs is 1. The zero-order valence-electron chi connectivity index (χ0n) is 15.8. The van der Waals surface area contributed by atoms with Crippen molar-refractivity contribution >= 4 is 6.09 Å². The molecule has 0 spiro atoms. The highest BCUT2D eigenvalue weighted by atomic mass is 16.6. The average Bonchev–Trinajstić information content (AvgIpc) is 2.55. The third-order valence-electron chi connectivity index (χ3n) is 4.90. The summed E-state index contributed by atoms with van der Waals surface area (Å²) >= 11 is 0. The Morgan fingerprint density at radius 2 is 1.96 bits per heavy atom. The third kappa shape index (κ3) is 4.27. The van der Waals surface area contributed by atoms with Gasteiger partial charge >= 0.3 is 6.09 Å². The van der Waals surface area contributed by atoms with Gasteiger partial charge in [-0.25, -0.2) is 4.79 Å².